The van der Waals surface area contributed by atoms with Crippen molar-refractivity contribution in [2.24, 2.45) is 10.4 Å². The zero-order valence-electron chi connectivity index (χ0n) is 16.1. The van der Waals surface area contributed by atoms with Crippen LogP contribution in [0.1, 0.15) is 51.0 Å². The van der Waals surface area contributed by atoms with Crippen molar-refractivity contribution >= 4 is 29.9 Å². The number of hydrogen-bond acceptors (Lipinski definition) is 2. The van der Waals surface area contributed by atoms with Gasteiger partial charge in [-0.15, -0.1) is 24.0 Å². The summed E-state index contributed by atoms with van der Waals surface area (Å²) in [5.41, 5.74) is 0.446. The fourth-order valence-corrected chi connectivity index (χ4v) is 3.67. The summed E-state index contributed by atoms with van der Waals surface area (Å²) in [6, 6.07) is 3.52. The van der Waals surface area contributed by atoms with Crippen molar-refractivity contribution in [3.05, 3.63) is 35.4 Å². The van der Waals surface area contributed by atoms with Gasteiger partial charge in [-0.25, -0.2) is 8.78 Å². The summed E-state index contributed by atoms with van der Waals surface area (Å²) in [6.45, 7) is 4.06. The molecule has 0 atom stereocenters. The van der Waals surface area contributed by atoms with E-state index in [0.717, 1.165) is 37.9 Å². The van der Waals surface area contributed by atoms with Crippen LogP contribution in [0.5, 0.6) is 0 Å². The van der Waals surface area contributed by atoms with E-state index in [2.05, 4.69) is 10.6 Å². The number of hydrogen-bond donors (Lipinski definition) is 3. The molecular formula is C20H32F2IN3O. The van der Waals surface area contributed by atoms with E-state index >= 15 is 0 Å². The van der Waals surface area contributed by atoms with Crippen LogP contribution >= 0.6 is 24.0 Å². The normalized spacial score (nSPS) is 16.5. The molecule has 0 saturated heterocycles. The van der Waals surface area contributed by atoms with E-state index in [1.165, 1.54) is 25.3 Å². The predicted molar refractivity (Wildman–Crippen MR) is 117 cm³/mol. The van der Waals surface area contributed by atoms with Gasteiger partial charge in [0.2, 0.25) is 0 Å². The van der Waals surface area contributed by atoms with Crippen LogP contribution in [-0.2, 0) is 6.42 Å². The summed E-state index contributed by atoms with van der Waals surface area (Å²) >= 11 is 0. The van der Waals surface area contributed by atoms with Gasteiger partial charge in [-0.3, -0.25) is 4.99 Å². The maximum absolute atomic E-state index is 13.7. The van der Waals surface area contributed by atoms with Gasteiger partial charge in [0.05, 0.1) is 0 Å². The minimum atomic E-state index is -0.426. The van der Waals surface area contributed by atoms with Crippen molar-refractivity contribution in [3.8, 4) is 0 Å². The zero-order chi connectivity index (χ0) is 18.8. The van der Waals surface area contributed by atoms with Gasteiger partial charge >= 0.3 is 0 Å². The van der Waals surface area contributed by atoms with Crippen molar-refractivity contribution in [1.82, 2.24) is 10.6 Å². The molecule has 154 valence electrons. The van der Waals surface area contributed by atoms with E-state index in [1.54, 1.807) is 0 Å². The minimum Gasteiger partial charge on any atom is -0.396 e. The Hall–Kier alpha value is -0.960. The highest BCUT2D eigenvalue weighted by atomic mass is 127. The third-order valence-electron chi connectivity index (χ3n) is 5.17. The van der Waals surface area contributed by atoms with Crippen LogP contribution in [0.3, 0.4) is 0 Å². The number of nitrogens with zero attached hydrogens (tertiary/aromatic N) is 1. The summed E-state index contributed by atoms with van der Waals surface area (Å²) < 4.78 is 27.0. The third kappa shape index (κ3) is 7.89. The van der Waals surface area contributed by atoms with Gasteiger partial charge in [0.15, 0.2) is 5.96 Å². The van der Waals surface area contributed by atoms with Crippen molar-refractivity contribution in [3.63, 3.8) is 0 Å². The van der Waals surface area contributed by atoms with E-state index < -0.39 is 5.82 Å². The minimum absolute atomic E-state index is 0. The second-order valence-electron chi connectivity index (χ2n) is 7.14. The molecule has 2 rings (SSSR count). The first-order valence-corrected chi connectivity index (χ1v) is 9.65. The standard InChI is InChI=1S/C20H31F2N3O.HI/c1-2-23-19(24-12-8-16-14-17(21)6-7-18(16)22)25-15-20(11-13-26)9-4-3-5-10-20;/h6-7,14,26H,2-5,8-13,15H2,1H3,(H2,23,24,25);1H. The number of rotatable bonds is 8. The fraction of sp³-hybridized carbons (Fsp3) is 0.650. The Morgan fingerprint density at radius 2 is 1.93 bits per heavy atom. The number of nitrogens with one attached hydrogen (secondary N) is 2. The predicted octanol–water partition coefficient (Wildman–Crippen LogP) is 4.01. The van der Waals surface area contributed by atoms with E-state index in [1.807, 2.05) is 6.92 Å². The van der Waals surface area contributed by atoms with Gasteiger partial charge < -0.3 is 15.7 Å². The van der Waals surface area contributed by atoms with Crippen molar-refractivity contribution in [2.75, 3.05) is 26.2 Å². The van der Waals surface area contributed by atoms with Gasteiger partial charge in [0.1, 0.15) is 11.6 Å². The van der Waals surface area contributed by atoms with E-state index in [4.69, 9.17) is 4.99 Å². The largest absolute Gasteiger partial charge is 0.396 e. The summed E-state index contributed by atoms with van der Waals surface area (Å²) in [7, 11) is 0. The summed E-state index contributed by atoms with van der Waals surface area (Å²) in [5.74, 6) is -0.128. The molecule has 3 N–H and O–H groups in total. The highest BCUT2D eigenvalue weighted by Gasteiger charge is 2.31. The summed E-state index contributed by atoms with van der Waals surface area (Å²) in [5, 5.41) is 15.8. The third-order valence-corrected chi connectivity index (χ3v) is 5.17. The average molecular weight is 495 g/mol. The van der Waals surface area contributed by atoms with Gasteiger partial charge in [0.25, 0.3) is 0 Å². The van der Waals surface area contributed by atoms with Gasteiger partial charge in [-0.05, 0) is 61.8 Å². The van der Waals surface area contributed by atoms with Gasteiger partial charge in [-0.1, -0.05) is 19.3 Å². The lowest BCUT2D eigenvalue weighted by Crippen LogP contribution is -2.40. The maximum atomic E-state index is 13.7. The van der Waals surface area contributed by atoms with Crippen LogP contribution < -0.4 is 10.6 Å². The molecule has 1 aliphatic carbocycles. The molecule has 0 heterocycles. The fourth-order valence-electron chi connectivity index (χ4n) is 3.67. The molecule has 0 amide bonds. The van der Waals surface area contributed by atoms with E-state index in [0.29, 0.717) is 31.0 Å². The molecule has 0 radical (unpaired) electrons. The van der Waals surface area contributed by atoms with Crippen molar-refractivity contribution in [1.29, 1.82) is 0 Å². The number of guanidine groups is 1. The summed E-state index contributed by atoms with van der Waals surface area (Å²) in [6.07, 6.45) is 7.02. The second kappa shape index (κ2) is 12.5. The zero-order valence-corrected chi connectivity index (χ0v) is 18.4. The molecule has 27 heavy (non-hydrogen) atoms. The number of aliphatic hydroxyl groups excluding tert-OH is 1. The average Bonchev–Trinajstić information content (AvgIpc) is 2.64. The molecule has 1 aromatic rings. The molecule has 0 aromatic heterocycles. The van der Waals surface area contributed by atoms with Crippen molar-refractivity contribution in [2.45, 2.75) is 51.9 Å². The molecule has 7 heteroatoms. The Balaban J connectivity index is 0.00000364. The van der Waals surface area contributed by atoms with E-state index in [-0.39, 0.29) is 41.8 Å². The van der Waals surface area contributed by atoms with Gasteiger partial charge in [-0.2, -0.15) is 0 Å². The lowest BCUT2D eigenvalue weighted by molar-refractivity contribution is 0.137. The maximum Gasteiger partial charge on any atom is 0.191 e. The lowest BCUT2D eigenvalue weighted by atomic mass is 9.72. The first-order chi connectivity index (χ1) is 12.6. The van der Waals surface area contributed by atoms with Crippen LogP contribution in [0, 0.1) is 17.0 Å². The molecule has 0 bridgehead atoms. The lowest BCUT2D eigenvalue weighted by Gasteiger charge is -2.35. The molecule has 0 spiro atoms. The molecule has 4 nitrogen and oxygen atoms in total. The Morgan fingerprint density at radius 3 is 2.59 bits per heavy atom. The highest BCUT2D eigenvalue weighted by molar-refractivity contribution is 14.0. The van der Waals surface area contributed by atoms with Gasteiger partial charge in [0, 0.05) is 26.2 Å². The SMILES string of the molecule is CCNC(=NCC1(CCO)CCCCC1)NCCc1cc(F)ccc1F.I. The Bertz CT molecular complexity index is 587. The molecule has 1 aromatic carbocycles. The van der Waals surface area contributed by atoms with E-state index in [9.17, 15) is 13.9 Å². The number of benzene rings is 1. The molecule has 1 aliphatic rings. The number of aliphatic imine (C=N–C) groups is 1. The molecule has 1 saturated carbocycles. The van der Waals surface area contributed by atoms with Crippen molar-refractivity contribution < 1.29 is 13.9 Å². The second-order valence-corrected chi connectivity index (χ2v) is 7.14. The summed E-state index contributed by atoms with van der Waals surface area (Å²) in [4.78, 5) is 4.71. The molecule has 0 aliphatic heterocycles. The first kappa shape index (κ1) is 24.1. The molecule has 1 fully saturated rings. The first-order valence-electron chi connectivity index (χ1n) is 9.65. The van der Waals surface area contributed by atoms with Crippen LogP contribution in [-0.4, -0.2) is 37.3 Å². The Morgan fingerprint density at radius 1 is 1.19 bits per heavy atom. The number of halogens is 3. The smallest absolute Gasteiger partial charge is 0.191 e. The van der Waals surface area contributed by atoms with Crippen LogP contribution in [0.4, 0.5) is 8.78 Å². The quantitative estimate of drug-likeness (QED) is 0.290. The number of aliphatic hydroxyl groups is 1. The molecular weight excluding hydrogens is 463 g/mol. The van der Waals surface area contributed by atoms with Crippen LogP contribution in [0.15, 0.2) is 23.2 Å². The highest BCUT2D eigenvalue weighted by Crippen LogP contribution is 2.39. The van der Waals surface area contributed by atoms with Crippen LogP contribution in [0.25, 0.3) is 0 Å². The topological polar surface area (TPSA) is 56.7 Å². The molecule has 0 unspecified atom stereocenters. The Labute approximate surface area is 178 Å². The monoisotopic (exact) mass is 495 g/mol. The Kier molecular flexibility index (Phi) is 11.1. The van der Waals surface area contributed by atoms with Crippen LogP contribution in [0.2, 0.25) is 0 Å².